The van der Waals surface area contributed by atoms with Gasteiger partial charge in [-0.05, 0) is 31.2 Å². The summed E-state index contributed by atoms with van der Waals surface area (Å²) < 4.78 is 58.2. The third-order valence-corrected chi connectivity index (χ3v) is 8.88. The van der Waals surface area contributed by atoms with Crippen molar-refractivity contribution in [1.82, 2.24) is 24.7 Å². The van der Waals surface area contributed by atoms with Gasteiger partial charge < -0.3 is 23.7 Å². The third kappa shape index (κ3) is 5.65. The molecule has 0 saturated carbocycles. The van der Waals surface area contributed by atoms with Gasteiger partial charge in [-0.3, -0.25) is 4.57 Å². The minimum atomic E-state index is -3.93. The number of nitrogens with zero attached hydrogens (tertiary/aromatic N) is 5. The average molecular weight is 602 g/mol. The molecule has 0 fully saturated rings. The molecule has 0 bridgehead atoms. The zero-order valence-electron chi connectivity index (χ0n) is 22.7. The fourth-order valence-electron chi connectivity index (χ4n) is 4.55. The topological polar surface area (TPSA) is 137 Å². The van der Waals surface area contributed by atoms with Crippen LogP contribution in [0.3, 0.4) is 0 Å². The summed E-state index contributed by atoms with van der Waals surface area (Å²) in [7, 11) is 0.475. The standard InChI is InChI=1S/C27H28ClN5O7S/c1-16(25(38-4)26-29-12-17(28)13-30-26)41(34,35)15-23-31-32-27(22-14-39-18-8-5-6-9-19(18)40-22)33(23)24-20(36-2)10-7-11-21(24)37-3/h5-13,16,22,25H,14-15H2,1-4H3/t16-,22+,25-/m0/s1. The van der Waals surface area contributed by atoms with Crippen molar-refractivity contribution in [3.8, 4) is 28.7 Å². The predicted molar refractivity (Wildman–Crippen MR) is 149 cm³/mol. The number of benzene rings is 2. The van der Waals surface area contributed by atoms with Gasteiger partial charge in [0.2, 0.25) is 0 Å². The molecule has 3 atom stereocenters. The molecule has 3 heterocycles. The van der Waals surface area contributed by atoms with Crippen LogP contribution in [-0.4, -0.2) is 66.3 Å². The molecule has 12 nitrogen and oxygen atoms in total. The highest BCUT2D eigenvalue weighted by molar-refractivity contribution is 7.91. The van der Waals surface area contributed by atoms with Crippen molar-refractivity contribution < 1.29 is 32.1 Å². The number of ether oxygens (including phenoxy) is 5. The van der Waals surface area contributed by atoms with Gasteiger partial charge in [0.05, 0.1) is 24.5 Å². The molecule has 0 aliphatic carbocycles. The normalized spacial score (nSPS) is 16.2. The van der Waals surface area contributed by atoms with E-state index < -0.39 is 33.0 Å². The van der Waals surface area contributed by atoms with Crippen LogP contribution in [0, 0.1) is 0 Å². The van der Waals surface area contributed by atoms with Gasteiger partial charge in [-0.25, -0.2) is 18.4 Å². The first-order chi connectivity index (χ1) is 19.8. The van der Waals surface area contributed by atoms with E-state index in [0.29, 0.717) is 39.5 Å². The summed E-state index contributed by atoms with van der Waals surface area (Å²) in [6, 6.07) is 12.5. The molecular formula is C27H28ClN5O7S. The summed E-state index contributed by atoms with van der Waals surface area (Å²) in [4.78, 5) is 8.31. The summed E-state index contributed by atoms with van der Waals surface area (Å²) in [5.41, 5.74) is 0.419. The summed E-state index contributed by atoms with van der Waals surface area (Å²) in [6.45, 7) is 1.65. The Morgan fingerprint density at radius 2 is 1.66 bits per heavy atom. The van der Waals surface area contributed by atoms with E-state index in [1.165, 1.54) is 40.6 Å². The first kappa shape index (κ1) is 28.6. The highest BCUT2D eigenvalue weighted by Crippen LogP contribution is 2.40. The Bertz CT molecular complexity index is 1610. The molecule has 41 heavy (non-hydrogen) atoms. The molecular weight excluding hydrogens is 574 g/mol. The van der Waals surface area contributed by atoms with Gasteiger partial charge in [-0.2, -0.15) is 0 Å². The number of hydrogen-bond acceptors (Lipinski definition) is 11. The molecule has 0 saturated heterocycles. The molecule has 5 rings (SSSR count). The number of aromatic nitrogens is 5. The monoisotopic (exact) mass is 601 g/mol. The lowest BCUT2D eigenvalue weighted by Crippen LogP contribution is -2.30. The molecule has 2 aromatic carbocycles. The second-order valence-corrected chi connectivity index (χ2v) is 11.9. The van der Waals surface area contributed by atoms with Crippen LogP contribution in [-0.2, 0) is 20.3 Å². The largest absolute Gasteiger partial charge is 0.494 e. The second-order valence-electron chi connectivity index (χ2n) is 9.11. The fraction of sp³-hybridized carbons (Fsp3) is 0.333. The molecule has 0 N–H and O–H groups in total. The van der Waals surface area contributed by atoms with Crippen molar-refractivity contribution in [2.24, 2.45) is 0 Å². The lowest BCUT2D eigenvalue weighted by molar-refractivity contribution is 0.0836. The molecule has 14 heteroatoms. The number of methoxy groups -OCH3 is 3. The van der Waals surface area contributed by atoms with Gasteiger partial charge in [0, 0.05) is 19.5 Å². The van der Waals surface area contributed by atoms with E-state index in [-0.39, 0.29) is 18.3 Å². The highest BCUT2D eigenvalue weighted by atomic mass is 35.5. The number of sulfone groups is 1. The van der Waals surface area contributed by atoms with Crippen molar-refractivity contribution in [3.05, 3.63) is 77.4 Å². The SMILES string of the molecule is COc1cccc(OC)c1-n1c(CS(=O)(=O)[C@@H](C)[C@H](OC)c2ncc(Cl)cn2)nnc1[C@H]1COc2ccccc2O1. The average Bonchev–Trinajstić information content (AvgIpc) is 3.39. The zero-order chi connectivity index (χ0) is 29.1. The van der Waals surface area contributed by atoms with Crippen LogP contribution in [0.4, 0.5) is 0 Å². The molecule has 1 aliphatic heterocycles. The predicted octanol–water partition coefficient (Wildman–Crippen LogP) is 3.93. The summed E-state index contributed by atoms with van der Waals surface area (Å²) >= 11 is 5.91. The molecule has 216 valence electrons. The molecule has 0 radical (unpaired) electrons. The van der Waals surface area contributed by atoms with Crippen LogP contribution in [0.1, 0.15) is 36.6 Å². The quantitative estimate of drug-likeness (QED) is 0.261. The number of halogens is 1. The second kappa shape index (κ2) is 11.9. The maximum Gasteiger partial charge on any atom is 0.192 e. The van der Waals surface area contributed by atoms with Crippen molar-refractivity contribution in [2.45, 2.75) is 30.1 Å². The maximum absolute atomic E-state index is 13.8. The van der Waals surface area contributed by atoms with Crippen LogP contribution in [0.2, 0.25) is 5.02 Å². The van der Waals surface area contributed by atoms with Gasteiger partial charge in [0.1, 0.15) is 35.7 Å². The van der Waals surface area contributed by atoms with E-state index in [9.17, 15) is 8.42 Å². The first-order valence-electron chi connectivity index (χ1n) is 12.5. The van der Waals surface area contributed by atoms with Crippen LogP contribution in [0.5, 0.6) is 23.0 Å². The molecule has 0 spiro atoms. The Kier molecular flexibility index (Phi) is 8.29. The maximum atomic E-state index is 13.8. The molecule has 2 aromatic heterocycles. The third-order valence-electron chi connectivity index (χ3n) is 6.65. The molecule has 1 aliphatic rings. The van der Waals surface area contributed by atoms with Gasteiger partial charge in [0.25, 0.3) is 0 Å². The van der Waals surface area contributed by atoms with E-state index >= 15 is 0 Å². The van der Waals surface area contributed by atoms with Crippen LogP contribution < -0.4 is 18.9 Å². The Balaban J connectivity index is 1.58. The summed E-state index contributed by atoms with van der Waals surface area (Å²) in [5.74, 6) is 2.06. The zero-order valence-corrected chi connectivity index (χ0v) is 24.3. The Morgan fingerprint density at radius 1 is 1.00 bits per heavy atom. The van der Waals surface area contributed by atoms with E-state index in [1.54, 1.807) is 34.9 Å². The van der Waals surface area contributed by atoms with Crippen LogP contribution >= 0.6 is 11.6 Å². The van der Waals surface area contributed by atoms with Gasteiger partial charge >= 0.3 is 0 Å². The van der Waals surface area contributed by atoms with E-state index in [1.807, 2.05) is 12.1 Å². The Labute approximate surface area is 242 Å². The Hall–Kier alpha value is -3.94. The van der Waals surface area contributed by atoms with E-state index in [4.69, 9.17) is 35.3 Å². The van der Waals surface area contributed by atoms with Gasteiger partial charge in [-0.1, -0.05) is 29.8 Å². The van der Waals surface area contributed by atoms with E-state index in [0.717, 1.165) is 0 Å². The number of para-hydroxylation sites is 3. The Morgan fingerprint density at radius 3 is 2.29 bits per heavy atom. The van der Waals surface area contributed by atoms with Crippen molar-refractivity contribution >= 4 is 21.4 Å². The minimum Gasteiger partial charge on any atom is -0.494 e. The molecule has 0 unspecified atom stereocenters. The molecule has 4 aromatic rings. The summed E-state index contributed by atoms with van der Waals surface area (Å²) in [6.07, 6.45) is 1.10. The summed E-state index contributed by atoms with van der Waals surface area (Å²) in [5, 5.41) is 7.96. The van der Waals surface area contributed by atoms with Gasteiger partial charge in [0.15, 0.2) is 44.9 Å². The lowest BCUT2D eigenvalue weighted by Gasteiger charge is -2.27. The van der Waals surface area contributed by atoms with Crippen molar-refractivity contribution in [3.63, 3.8) is 0 Å². The lowest BCUT2D eigenvalue weighted by atomic mass is 10.2. The smallest absolute Gasteiger partial charge is 0.192 e. The highest BCUT2D eigenvalue weighted by Gasteiger charge is 2.37. The fourth-order valence-corrected chi connectivity index (χ4v) is 6.07. The van der Waals surface area contributed by atoms with Crippen molar-refractivity contribution in [1.29, 1.82) is 0 Å². The number of rotatable bonds is 10. The van der Waals surface area contributed by atoms with E-state index in [2.05, 4.69) is 20.2 Å². The number of fused-ring (bicyclic) bond motifs is 1. The minimum absolute atomic E-state index is 0.115. The van der Waals surface area contributed by atoms with Crippen LogP contribution in [0.15, 0.2) is 54.9 Å². The van der Waals surface area contributed by atoms with Gasteiger partial charge in [-0.15, -0.1) is 10.2 Å². The molecule has 0 amide bonds. The van der Waals surface area contributed by atoms with Crippen LogP contribution in [0.25, 0.3) is 5.69 Å². The van der Waals surface area contributed by atoms with Crippen molar-refractivity contribution in [2.75, 3.05) is 27.9 Å². The first-order valence-corrected chi connectivity index (χ1v) is 14.6. The number of hydrogen-bond donors (Lipinski definition) is 0.